The van der Waals surface area contributed by atoms with Crippen molar-refractivity contribution in [2.45, 2.75) is 108 Å². The van der Waals surface area contributed by atoms with Crippen LogP contribution in [0.2, 0.25) is 0 Å². The van der Waals surface area contributed by atoms with Gasteiger partial charge in [0.25, 0.3) is 0 Å². The van der Waals surface area contributed by atoms with Crippen LogP contribution in [0.5, 0.6) is 5.75 Å². The predicted molar refractivity (Wildman–Crippen MR) is 149 cm³/mol. The lowest BCUT2D eigenvalue weighted by molar-refractivity contribution is -0.154. The second-order valence-corrected chi connectivity index (χ2v) is 12.3. The summed E-state index contributed by atoms with van der Waals surface area (Å²) in [6, 6.07) is 14.9. The largest absolute Gasteiger partial charge is 0.494 e. The summed E-state index contributed by atoms with van der Waals surface area (Å²) in [4.78, 5) is 11.8. The number of hydrogen-bond acceptors (Lipinski definition) is 5. The van der Waals surface area contributed by atoms with Crippen molar-refractivity contribution in [2.24, 2.45) is 5.14 Å². The van der Waals surface area contributed by atoms with Crippen LogP contribution in [0.15, 0.2) is 53.4 Å². The van der Waals surface area contributed by atoms with Crippen molar-refractivity contribution < 1.29 is 22.7 Å². The van der Waals surface area contributed by atoms with Crippen LogP contribution < -0.4 is 9.88 Å². The number of unbranched alkanes of at least 4 members (excludes halogenated alkanes) is 8. The maximum Gasteiger partial charge on any atom is 0.306 e. The second-order valence-electron chi connectivity index (χ2n) is 10.7. The van der Waals surface area contributed by atoms with Crippen LogP contribution >= 0.6 is 0 Å². The smallest absolute Gasteiger partial charge is 0.306 e. The number of carbonyl (C=O) groups is 1. The summed E-state index contributed by atoms with van der Waals surface area (Å²) in [6.07, 6.45) is 12.7. The third-order valence-electron chi connectivity index (χ3n) is 6.09. The molecule has 0 amide bonds. The molecule has 0 saturated carbocycles. The Morgan fingerprint density at radius 2 is 1.19 bits per heavy atom. The predicted octanol–water partition coefficient (Wildman–Crippen LogP) is 6.74. The average Bonchev–Trinajstić information content (AvgIpc) is 2.83. The van der Waals surface area contributed by atoms with Crippen molar-refractivity contribution in [3.63, 3.8) is 0 Å². The first-order valence-electron chi connectivity index (χ1n) is 13.6. The fourth-order valence-electron chi connectivity index (χ4n) is 4.08. The van der Waals surface area contributed by atoms with Crippen LogP contribution in [0.25, 0.3) is 0 Å². The van der Waals surface area contributed by atoms with E-state index in [-0.39, 0.29) is 16.5 Å². The zero-order valence-corrected chi connectivity index (χ0v) is 23.7. The molecule has 0 aliphatic rings. The highest BCUT2D eigenvalue weighted by molar-refractivity contribution is 7.89. The van der Waals surface area contributed by atoms with Crippen molar-refractivity contribution in [1.82, 2.24) is 0 Å². The molecule has 37 heavy (non-hydrogen) atoms. The fraction of sp³-hybridized carbons (Fsp3) is 0.567. The minimum absolute atomic E-state index is 0.0849. The lowest BCUT2D eigenvalue weighted by Gasteiger charge is -2.19. The Kier molecular flexibility index (Phi) is 13.1. The summed E-state index contributed by atoms with van der Waals surface area (Å²) in [5.74, 6) is 0.811. The number of benzene rings is 2. The van der Waals surface area contributed by atoms with E-state index in [2.05, 4.69) is 12.1 Å². The average molecular weight is 532 g/mol. The number of esters is 1. The summed E-state index contributed by atoms with van der Waals surface area (Å²) in [5, 5.41) is 5.14. The fourth-order valence-corrected chi connectivity index (χ4v) is 4.59. The molecule has 0 aliphatic heterocycles. The highest BCUT2D eigenvalue weighted by Gasteiger charge is 2.15. The van der Waals surface area contributed by atoms with E-state index in [1.807, 2.05) is 45.0 Å². The summed E-state index contributed by atoms with van der Waals surface area (Å²) in [5.41, 5.74) is 1.91. The van der Waals surface area contributed by atoms with Crippen LogP contribution in [0.1, 0.15) is 96.1 Å². The van der Waals surface area contributed by atoms with Gasteiger partial charge in [-0.25, -0.2) is 13.6 Å². The van der Waals surface area contributed by atoms with Gasteiger partial charge in [-0.05, 0) is 81.8 Å². The third kappa shape index (κ3) is 14.2. The summed E-state index contributed by atoms with van der Waals surface area (Å²) in [6.45, 7) is 6.45. The van der Waals surface area contributed by atoms with E-state index >= 15 is 0 Å². The van der Waals surface area contributed by atoms with Gasteiger partial charge in [0.2, 0.25) is 10.0 Å². The van der Waals surface area contributed by atoms with E-state index in [1.54, 1.807) is 12.1 Å². The molecular weight excluding hydrogens is 486 g/mol. The summed E-state index contributed by atoms with van der Waals surface area (Å²) >= 11 is 0. The van der Waals surface area contributed by atoms with E-state index in [9.17, 15) is 13.2 Å². The lowest BCUT2D eigenvalue weighted by atomic mass is 10.0. The Labute approximate surface area is 224 Å². The second kappa shape index (κ2) is 15.8. The van der Waals surface area contributed by atoms with E-state index in [0.29, 0.717) is 6.42 Å². The number of sulfonamides is 1. The SMILES string of the molecule is CC(C)(C)OC(=O)CCCCCCCCCCCOc1ccc(CCc2ccc(S(N)(=O)=O)cc2)cc1. The molecule has 2 N–H and O–H groups in total. The molecule has 0 bridgehead atoms. The molecule has 0 fully saturated rings. The van der Waals surface area contributed by atoms with E-state index in [0.717, 1.165) is 50.0 Å². The highest BCUT2D eigenvalue weighted by atomic mass is 32.2. The number of nitrogens with two attached hydrogens (primary N) is 1. The molecule has 0 aromatic heterocycles. The quantitative estimate of drug-likeness (QED) is 0.180. The van der Waals surface area contributed by atoms with Crippen molar-refractivity contribution in [3.8, 4) is 5.75 Å². The zero-order chi connectivity index (χ0) is 27.2. The van der Waals surface area contributed by atoms with Crippen molar-refractivity contribution in [3.05, 3.63) is 59.7 Å². The van der Waals surface area contributed by atoms with Gasteiger partial charge in [0, 0.05) is 6.42 Å². The van der Waals surface area contributed by atoms with Crippen molar-refractivity contribution in [1.29, 1.82) is 0 Å². The Morgan fingerprint density at radius 3 is 1.68 bits per heavy atom. The first kappa shape index (κ1) is 30.8. The molecule has 0 saturated heterocycles. The van der Waals surface area contributed by atoms with Crippen LogP contribution in [0, 0.1) is 0 Å². The molecule has 7 heteroatoms. The van der Waals surface area contributed by atoms with Crippen molar-refractivity contribution >= 4 is 16.0 Å². The van der Waals surface area contributed by atoms with Crippen LogP contribution in [0.3, 0.4) is 0 Å². The molecule has 0 heterocycles. The number of rotatable bonds is 17. The first-order valence-corrected chi connectivity index (χ1v) is 15.1. The third-order valence-corrected chi connectivity index (χ3v) is 7.02. The minimum atomic E-state index is -3.64. The summed E-state index contributed by atoms with van der Waals surface area (Å²) < 4.78 is 33.9. The van der Waals surface area contributed by atoms with Gasteiger partial charge in [0.15, 0.2) is 0 Å². The molecule has 2 aromatic rings. The molecule has 0 unspecified atom stereocenters. The molecule has 0 spiro atoms. The monoisotopic (exact) mass is 531 g/mol. The number of hydrogen-bond donors (Lipinski definition) is 1. The summed E-state index contributed by atoms with van der Waals surface area (Å²) in [7, 11) is -3.64. The topological polar surface area (TPSA) is 95.7 Å². The Hall–Kier alpha value is -2.38. The van der Waals surface area contributed by atoms with Gasteiger partial charge in [-0.2, -0.15) is 0 Å². The first-order chi connectivity index (χ1) is 17.5. The van der Waals surface area contributed by atoms with Gasteiger partial charge in [0.05, 0.1) is 11.5 Å². The van der Waals surface area contributed by atoms with Crippen molar-refractivity contribution in [2.75, 3.05) is 6.61 Å². The molecule has 0 atom stereocenters. The number of primary sulfonamides is 1. The Balaban J connectivity index is 1.46. The molecule has 0 radical (unpaired) electrons. The van der Waals surface area contributed by atoms with Gasteiger partial charge < -0.3 is 9.47 Å². The maximum atomic E-state index is 11.7. The molecule has 2 rings (SSSR count). The maximum absolute atomic E-state index is 11.7. The Morgan fingerprint density at radius 1 is 0.730 bits per heavy atom. The van der Waals surface area contributed by atoms with Gasteiger partial charge in [-0.1, -0.05) is 69.2 Å². The molecular formula is C30H45NO5S. The normalized spacial score (nSPS) is 11.9. The van der Waals surface area contributed by atoms with Crippen LogP contribution in [-0.2, 0) is 32.4 Å². The van der Waals surface area contributed by atoms with Gasteiger partial charge in [0.1, 0.15) is 11.4 Å². The van der Waals surface area contributed by atoms with Gasteiger partial charge >= 0.3 is 5.97 Å². The van der Waals surface area contributed by atoms with Gasteiger partial charge in [-0.15, -0.1) is 0 Å². The number of ether oxygens (including phenoxy) is 2. The zero-order valence-electron chi connectivity index (χ0n) is 22.8. The standard InChI is InChI=1S/C30H45NO5S/c1-30(2,3)36-29(32)13-11-9-7-5-4-6-8-10-12-24-35-27-20-16-25(17-21-27)14-15-26-18-22-28(23-19-26)37(31,33)34/h16-23H,4-15,24H2,1-3H3,(H2,31,33,34). The number of carbonyl (C=O) groups excluding carboxylic acids is 1. The van der Waals surface area contributed by atoms with E-state index in [4.69, 9.17) is 14.6 Å². The number of aryl methyl sites for hydroxylation is 2. The Bertz CT molecular complexity index is 1030. The minimum Gasteiger partial charge on any atom is -0.494 e. The molecule has 6 nitrogen and oxygen atoms in total. The molecule has 0 aliphatic carbocycles. The van der Waals surface area contributed by atoms with E-state index < -0.39 is 10.0 Å². The highest BCUT2D eigenvalue weighted by Crippen LogP contribution is 2.17. The lowest BCUT2D eigenvalue weighted by Crippen LogP contribution is -2.23. The van der Waals surface area contributed by atoms with Gasteiger partial charge in [-0.3, -0.25) is 4.79 Å². The molecule has 206 valence electrons. The van der Waals surface area contributed by atoms with Crippen LogP contribution in [0.4, 0.5) is 0 Å². The molecule has 2 aromatic carbocycles. The van der Waals surface area contributed by atoms with E-state index in [1.165, 1.54) is 44.1 Å². The van der Waals surface area contributed by atoms with Crippen LogP contribution in [-0.4, -0.2) is 26.6 Å².